The molecule has 0 heterocycles. The van der Waals surface area contributed by atoms with Crippen LogP contribution in [0.2, 0.25) is 0 Å². The van der Waals surface area contributed by atoms with Crippen LogP contribution in [0.5, 0.6) is 0 Å². The summed E-state index contributed by atoms with van der Waals surface area (Å²) in [6.07, 6.45) is 0. The first kappa shape index (κ1) is 10.2. The molecule has 0 spiro atoms. The Labute approximate surface area is 78.3 Å². The highest BCUT2D eigenvalue weighted by Gasteiger charge is 2.05. The molecule has 3 heteroatoms. The van der Waals surface area contributed by atoms with Gasteiger partial charge in [-0.1, -0.05) is 12.1 Å². The predicted octanol–water partition coefficient (Wildman–Crippen LogP) is 1.95. The molecule has 0 amide bonds. The number of hydrazine groups is 1. The Hall–Kier alpha value is -0.930. The molecule has 0 saturated carbocycles. The van der Waals surface area contributed by atoms with Crippen LogP contribution in [0, 0.1) is 5.82 Å². The van der Waals surface area contributed by atoms with Crippen LogP contribution < -0.4 is 5.43 Å². The summed E-state index contributed by atoms with van der Waals surface area (Å²) in [4.78, 5) is 0. The third kappa shape index (κ3) is 3.13. The van der Waals surface area contributed by atoms with Gasteiger partial charge in [-0.25, -0.2) is 9.82 Å². The molecule has 0 fully saturated rings. The van der Waals surface area contributed by atoms with Gasteiger partial charge in [0.15, 0.2) is 0 Å². The van der Waals surface area contributed by atoms with Crippen LogP contribution in [0.25, 0.3) is 0 Å². The quantitative estimate of drug-likeness (QED) is 0.719. The van der Waals surface area contributed by atoms with E-state index in [0.29, 0.717) is 0 Å². The van der Waals surface area contributed by atoms with Crippen molar-refractivity contribution in [2.24, 2.45) is 0 Å². The molecule has 0 bridgehead atoms. The van der Waals surface area contributed by atoms with Crippen LogP contribution in [0.1, 0.15) is 18.5 Å². The highest BCUT2D eigenvalue weighted by atomic mass is 19.1. The van der Waals surface area contributed by atoms with E-state index in [1.54, 1.807) is 12.1 Å². The van der Waals surface area contributed by atoms with Crippen molar-refractivity contribution >= 4 is 0 Å². The summed E-state index contributed by atoms with van der Waals surface area (Å²) in [6.45, 7) is 1.99. The van der Waals surface area contributed by atoms with Crippen molar-refractivity contribution in [2.75, 3.05) is 14.1 Å². The van der Waals surface area contributed by atoms with Crippen molar-refractivity contribution in [3.8, 4) is 0 Å². The van der Waals surface area contributed by atoms with Crippen LogP contribution in [-0.4, -0.2) is 19.1 Å². The van der Waals surface area contributed by atoms with Gasteiger partial charge < -0.3 is 0 Å². The fourth-order valence-electron chi connectivity index (χ4n) is 1.24. The van der Waals surface area contributed by atoms with E-state index in [-0.39, 0.29) is 11.9 Å². The van der Waals surface area contributed by atoms with Gasteiger partial charge in [-0.2, -0.15) is 0 Å². The average molecular weight is 182 g/mol. The van der Waals surface area contributed by atoms with Crippen LogP contribution in [0.3, 0.4) is 0 Å². The van der Waals surface area contributed by atoms with Crippen molar-refractivity contribution in [1.82, 2.24) is 10.4 Å². The molecule has 1 atom stereocenters. The summed E-state index contributed by atoms with van der Waals surface area (Å²) in [5, 5.41) is 1.86. The number of nitrogens with one attached hydrogen (secondary N) is 1. The predicted molar refractivity (Wildman–Crippen MR) is 51.6 cm³/mol. The third-order valence-corrected chi connectivity index (χ3v) is 1.80. The maximum Gasteiger partial charge on any atom is 0.123 e. The monoisotopic (exact) mass is 182 g/mol. The lowest BCUT2D eigenvalue weighted by atomic mass is 10.1. The third-order valence-electron chi connectivity index (χ3n) is 1.80. The molecule has 0 aliphatic heterocycles. The van der Waals surface area contributed by atoms with Gasteiger partial charge in [-0.05, 0) is 24.6 Å². The van der Waals surface area contributed by atoms with Gasteiger partial charge >= 0.3 is 0 Å². The lowest BCUT2D eigenvalue weighted by Gasteiger charge is -2.19. The Kier molecular flexibility index (Phi) is 3.39. The number of halogens is 1. The number of hydrogen-bond acceptors (Lipinski definition) is 2. The molecular weight excluding hydrogens is 167 g/mol. The van der Waals surface area contributed by atoms with E-state index in [0.717, 1.165) is 5.56 Å². The van der Waals surface area contributed by atoms with Gasteiger partial charge in [-0.15, -0.1) is 0 Å². The second-order valence-electron chi connectivity index (χ2n) is 3.30. The van der Waals surface area contributed by atoms with E-state index in [9.17, 15) is 4.39 Å². The first-order valence-corrected chi connectivity index (χ1v) is 4.28. The molecule has 13 heavy (non-hydrogen) atoms. The van der Waals surface area contributed by atoms with Crippen LogP contribution >= 0.6 is 0 Å². The summed E-state index contributed by atoms with van der Waals surface area (Å²) in [5.41, 5.74) is 4.11. The molecule has 0 aliphatic rings. The summed E-state index contributed by atoms with van der Waals surface area (Å²) >= 11 is 0. The molecule has 0 aliphatic carbocycles. The molecular formula is C10H15FN2. The van der Waals surface area contributed by atoms with E-state index in [1.807, 2.05) is 32.1 Å². The molecule has 2 nitrogen and oxygen atoms in total. The lowest BCUT2D eigenvalue weighted by Crippen LogP contribution is -2.32. The normalized spacial score (nSPS) is 13.3. The van der Waals surface area contributed by atoms with Gasteiger partial charge in [0.1, 0.15) is 5.82 Å². The van der Waals surface area contributed by atoms with Crippen molar-refractivity contribution in [3.05, 3.63) is 35.6 Å². The smallest absolute Gasteiger partial charge is 0.123 e. The lowest BCUT2D eigenvalue weighted by molar-refractivity contribution is 0.252. The van der Waals surface area contributed by atoms with Crippen molar-refractivity contribution < 1.29 is 4.39 Å². The Morgan fingerprint density at radius 2 is 2.08 bits per heavy atom. The topological polar surface area (TPSA) is 15.3 Å². The van der Waals surface area contributed by atoms with Gasteiger partial charge in [0.2, 0.25) is 0 Å². The first-order valence-electron chi connectivity index (χ1n) is 4.28. The molecule has 1 rings (SSSR count). The Morgan fingerprint density at radius 1 is 1.38 bits per heavy atom. The largest absolute Gasteiger partial charge is 0.250 e. The SMILES string of the molecule is CC(NN(C)C)c1cccc(F)c1. The summed E-state index contributed by atoms with van der Waals surface area (Å²) in [6, 6.07) is 6.75. The number of hydrogen-bond donors (Lipinski definition) is 1. The van der Waals surface area contributed by atoms with Crippen molar-refractivity contribution in [1.29, 1.82) is 0 Å². The Balaban J connectivity index is 2.71. The maximum atomic E-state index is 12.8. The fourth-order valence-corrected chi connectivity index (χ4v) is 1.24. The molecule has 0 saturated heterocycles. The highest BCUT2D eigenvalue weighted by Crippen LogP contribution is 2.12. The summed E-state index contributed by atoms with van der Waals surface area (Å²) in [7, 11) is 3.82. The fraction of sp³-hybridized carbons (Fsp3) is 0.400. The highest BCUT2D eigenvalue weighted by molar-refractivity contribution is 5.19. The van der Waals surface area contributed by atoms with Gasteiger partial charge in [0.25, 0.3) is 0 Å². The van der Waals surface area contributed by atoms with E-state index >= 15 is 0 Å². The van der Waals surface area contributed by atoms with Crippen molar-refractivity contribution in [2.45, 2.75) is 13.0 Å². The minimum atomic E-state index is -0.190. The number of benzene rings is 1. The van der Waals surface area contributed by atoms with Gasteiger partial charge in [-0.3, -0.25) is 5.01 Å². The first-order chi connectivity index (χ1) is 6.09. The molecule has 1 unspecified atom stereocenters. The minimum absolute atomic E-state index is 0.130. The molecule has 72 valence electrons. The van der Waals surface area contributed by atoms with E-state index in [4.69, 9.17) is 0 Å². The second-order valence-corrected chi connectivity index (χ2v) is 3.30. The number of rotatable bonds is 3. The molecule has 0 aromatic heterocycles. The summed E-state index contributed by atoms with van der Waals surface area (Å²) in [5.74, 6) is -0.190. The minimum Gasteiger partial charge on any atom is -0.250 e. The van der Waals surface area contributed by atoms with Crippen molar-refractivity contribution in [3.63, 3.8) is 0 Å². The van der Waals surface area contributed by atoms with Crippen LogP contribution in [-0.2, 0) is 0 Å². The zero-order valence-electron chi connectivity index (χ0n) is 8.21. The Bertz CT molecular complexity index is 273. The molecule has 1 aromatic rings. The standard InChI is InChI=1S/C10H15FN2/c1-8(12-13(2)3)9-5-4-6-10(11)7-9/h4-8,12H,1-3H3. The van der Waals surface area contributed by atoms with Crippen LogP contribution in [0.15, 0.2) is 24.3 Å². The zero-order valence-corrected chi connectivity index (χ0v) is 8.21. The van der Waals surface area contributed by atoms with Gasteiger partial charge in [0.05, 0.1) is 0 Å². The van der Waals surface area contributed by atoms with E-state index < -0.39 is 0 Å². The Morgan fingerprint density at radius 3 is 2.62 bits per heavy atom. The molecule has 0 radical (unpaired) electrons. The summed E-state index contributed by atoms with van der Waals surface area (Å²) < 4.78 is 12.8. The van der Waals surface area contributed by atoms with Gasteiger partial charge in [0, 0.05) is 20.1 Å². The van der Waals surface area contributed by atoms with Crippen LogP contribution in [0.4, 0.5) is 4.39 Å². The maximum absolute atomic E-state index is 12.8. The zero-order chi connectivity index (χ0) is 9.84. The number of nitrogens with zero attached hydrogens (tertiary/aromatic N) is 1. The second kappa shape index (κ2) is 4.35. The molecule has 1 aromatic carbocycles. The molecule has 1 N–H and O–H groups in total. The average Bonchev–Trinajstić information content (AvgIpc) is 2.03. The van der Waals surface area contributed by atoms with E-state index in [1.165, 1.54) is 6.07 Å². The van der Waals surface area contributed by atoms with E-state index in [2.05, 4.69) is 5.43 Å².